The smallest absolute Gasteiger partial charge is 0.419 e. The van der Waals surface area contributed by atoms with Gasteiger partial charge in [0.25, 0.3) is 0 Å². The number of hydrogen-bond acceptors (Lipinski definition) is 5. The van der Waals surface area contributed by atoms with Crippen LogP contribution in [0.1, 0.15) is 24.0 Å². The van der Waals surface area contributed by atoms with Crippen molar-refractivity contribution in [3.05, 3.63) is 59.2 Å². The SMILES string of the molecule is C#CNc1ccc(C(F)(F)F)c(O)c1.C=O.C=O.CN1CCCC1.Cc1ccc(F)cc1F. The molecule has 0 amide bonds. The summed E-state index contributed by atoms with van der Waals surface area (Å²) in [6.45, 7) is 8.23. The van der Waals surface area contributed by atoms with Crippen molar-refractivity contribution in [3.63, 3.8) is 0 Å². The maximum atomic E-state index is 12.3. The molecule has 3 rings (SSSR count). The fourth-order valence-electron chi connectivity index (χ4n) is 2.37. The lowest BCUT2D eigenvalue weighted by Crippen LogP contribution is -2.10. The van der Waals surface area contributed by atoms with Crippen LogP contribution in [0.3, 0.4) is 0 Å². The monoisotopic (exact) mass is 474 g/mol. The van der Waals surface area contributed by atoms with Gasteiger partial charge in [-0.25, -0.2) is 8.78 Å². The average Bonchev–Trinajstić information content (AvgIpc) is 3.25. The fraction of sp³-hybridized carbons (Fsp3) is 0.304. The molecule has 0 atom stereocenters. The molecule has 1 aliphatic heterocycles. The molecule has 0 radical (unpaired) electrons. The van der Waals surface area contributed by atoms with Gasteiger partial charge in [0.2, 0.25) is 0 Å². The van der Waals surface area contributed by atoms with Gasteiger partial charge in [-0.2, -0.15) is 13.2 Å². The van der Waals surface area contributed by atoms with Gasteiger partial charge in [0.1, 0.15) is 31.0 Å². The minimum Gasteiger partial charge on any atom is -0.507 e. The Morgan fingerprint density at radius 2 is 1.58 bits per heavy atom. The van der Waals surface area contributed by atoms with E-state index < -0.39 is 29.1 Å². The zero-order valence-electron chi connectivity index (χ0n) is 18.4. The van der Waals surface area contributed by atoms with Crippen LogP contribution >= 0.6 is 0 Å². The number of hydrogen-bond donors (Lipinski definition) is 2. The van der Waals surface area contributed by atoms with Crippen LogP contribution < -0.4 is 5.32 Å². The number of halogens is 5. The lowest BCUT2D eigenvalue weighted by Gasteiger charge is -2.09. The highest BCUT2D eigenvalue weighted by molar-refractivity contribution is 5.54. The summed E-state index contributed by atoms with van der Waals surface area (Å²) in [5.74, 6) is -1.87. The van der Waals surface area contributed by atoms with Crippen LogP contribution in [0.2, 0.25) is 0 Å². The number of rotatable bonds is 1. The number of aryl methyl sites for hydroxylation is 1. The Morgan fingerprint density at radius 3 is 1.91 bits per heavy atom. The van der Waals surface area contributed by atoms with Crippen LogP contribution in [0.4, 0.5) is 27.6 Å². The highest BCUT2D eigenvalue weighted by atomic mass is 19.4. The number of carbonyl (C=O) groups excluding carboxylic acids is 2. The summed E-state index contributed by atoms with van der Waals surface area (Å²) in [6.07, 6.45) is 3.14. The molecule has 2 N–H and O–H groups in total. The molecule has 1 saturated heterocycles. The van der Waals surface area contributed by atoms with E-state index in [-0.39, 0.29) is 5.69 Å². The Kier molecular flexibility index (Phi) is 16.5. The first-order valence-corrected chi connectivity index (χ1v) is 9.34. The second-order valence-corrected chi connectivity index (χ2v) is 6.40. The van der Waals surface area contributed by atoms with E-state index in [1.807, 2.05) is 19.6 Å². The highest BCUT2D eigenvalue weighted by Gasteiger charge is 2.33. The molecule has 5 nitrogen and oxygen atoms in total. The third-order valence-corrected chi connectivity index (χ3v) is 3.98. The van der Waals surface area contributed by atoms with E-state index in [0.29, 0.717) is 5.56 Å². The van der Waals surface area contributed by atoms with Crippen LogP contribution in [-0.2, 0) is 15.8 Å². The molecule has 0 aliphatic carbocycles. The Morgan fingerprint density at radius 1 is 1.03 bits per heavy atom. The molecule has 0 saturated carbocycles. The zero-order chi connectivity index (χ0) is 26.0. The standard InChI is InChI=1S/C9H6F3NO.C7H6F2.C5H11N.2CH2O/c1-2-13-6-3-4-7(8(14)5-6)9(10,11)12;1-5-2-3-6(8)4-7(5)9;1-6-4-2-3-5-6;2*1-2/h1,3-5,13-14H;2-4H,1H3;2-5H2,1H3;2*1H2. The third kappa shape index (κ3) is 13.5. The summed E-state index contributed by atoms with van der Waals surface area (Å²) in [5.41, 5.74) is -0.380. The maximum Gasteiger partial charge on any atom is 0.419 e. The molecule has 0 spiro atoms. The number of likely N-dealkylation sites (tertiary alicyclic amines) is 1. The van der Waals surface area contributed by atoms with E-state index in [2.05, 4.69) is 17.3 Å². The highest BCUT2D eigenvalue weighted by Crippen LogP contribution is 2.36. The van der Waals surface area contributed by atoms with Gasteiger partial charge in [0, 0.05) is 23.9 Å². The molecular formula is C23H27F5N2O3. The number of alkyl halides is 3. The number of aromatic hydroxyl groups is 1. The topological polar surface area (TPSA) is 69.6 Å². The van der Waals surface area contributed by atoms with Gasteiger partial charge in [-0.3, -0.25) is 0 Å². The zero-order valence-corrected chi connectivity index (χ0v) is 18.4. The van der Waals surface area contributed by atoms with Crippen molar-refractivity contribution in [2.45, 2.75) is 25.9 Å². The Hall–Kier alpha value is -3.45. The summed E-state index contributed by atoms with van der Waals surface area (Å²) in [7, 11) is 2.17. The lowest BCUT2D eigenvalue weighted by molar-refractivity contribution is -0.138. The molecule has 1 fully saturated rings. The number of phenols is 1. The summed E-state index contributed by atoms with van der Waals surface area (Å²) in [4.78, 5) is 18.4. The van der Waals surface area contributed by atoms with Gasteiger partial charge >= 0.3 is 6.18 Å². The largest absolute Gasteiger partial charge is 0.507 e. The Balaban J connectivity index is 0. The van der Waals surface area contributed by atoms with Gasteiger partial charge in [0.05, 0.1) is 5.56 Å². The first-order valence-electron chi connectivity index (χ1n) is 9.34. The summed E-state index contributed by atoms with van der Waals surface area (Å²) in [6, 6.07) is 8.36. The van der Waals surface area contributed by atoms with E-state index in [1.54, 1.807) is 6.92 Å². The van der Waals surface area contributed by atoms with Crippen molar-refractivity contribution in [1.29, 1.82) is 0 Å². The van der Waals surface area contributed by atoms with E-state index in [1.165, 1.54) is 38.1 Å². The van der Waals surface area contributed by atoms with E-state index in [0.717, 1.165) is 24.3 Å². The van der Waals surface area contributed by atoms with Crippen molar-refractivity contribution in [3.8, 4) is 18.2 Å². The number of nitrogens with one attached hydrogen (secondary N) is 1. The van der Waals surface area contributed by atoms with E-state index >= 15 is 0 Å². The minimum atomic E-state index is -4.56. The number of benzene rings is 2. The molecule has 2 aromatic carbocycles. The van der Waals surface area contributed by atoms with Gasteiger partial charge in [-0.05, 0) is 63.7 Å². The molecular weight excluding hydrogens is 447 g/mol. The number of carbonyl (C=O) groups is 2. The molecule has 1 heterocycles. The van der Waals surface area contributed by atoms with Gasteiger partial charge in [-0.15, -0.1) is 0 Å². The van der Waals surface area contributed by atoms with Crippen LogP contribution in [0, 0.1) is 31.0 Å². The molecule has 10 heteroatoms. The average molecular weight is 474 g/mol. The molecule has 0 aromatic heterocycles. The second kappa shape index (κ2) is 17.1. The van der Waals surface area contributed by atoms with Crippen molar-refractivity contribution in [2.75, 3.05) is 25.5 Å². The number of anilines is 1. The van der Waals surface area contributed by atoms with Gasteiger partial charge < -0.3 is 24.9 Å². The van der Waals surface area contributed by atoms with Crippen LogP contribution in [0.5, 0.6) is 5.75 Å². The van der Waals surface area contributed by atoms with Crippen molar-refractivity contribution < 1.29 is 36.6 Å². The summed E-state index contributed by atoms with van der Waals surface area (Å²) >= 11 is 0. The van der Waals surface area contributed by atoms with Crippen LogP contribution in [-0.4, -0.2) is 43.7 Å². The maximum absolute atomic E-state index is 12.3. The molecule has 2 aromatic rings. The summed E-state index contributed by atoms with van der Waals surface area (Å²) in [5, 5.41) is 11.4. The van der Waals surface area contributed by atoms with E-state index in [9.17, 15) is 22.0 Å². The molecule has 0 bridgehead atoms. The quantitative estimate of drug-likeness (QED) is 0.345. The second-order valence-electron chi connectivity index (χ2n) is 6.40. The molecule has 0 unspecified atom stereocenters. The first-order chi connectivity index (χ1) is 15.5. The fourth-order valence-corrected chi connectivity index (χ4v) is 2.37. The molecule has 182 valence electrons. The van der Waals surface area contributed by atoms with Crippen molar-refractivity contribution >= 4 is 19.3 Å². The number of phenolic OH excluding ortho intramolecular Hbond substituents is 1. The predicted octanol–water partition coefficient (Wildman–Crippen LogP) is 5.03. The van der Waals surface area contributed by atoms with Gasteiger partial charge in [0.15, 0.2) is 0 Å². The number of terminal acetylenes is 1. The lowest BCUT2D eigenvalue weighted by atomic mass is 10.2. The van der Waals surface area contributed by atoms with Crippen LogP contribution in [0.25, 0.3) is 0 Å². The Bertz CT molecular complexity index is 862. The number of nitrogens with zero attached hydrogens (tertiary/aromatic N) is 1. The predicted molar refractivity (Wildman–Crippen MR) is 118 cm³/mol. The first kappa shape index (κ1) is 31.7. The summed E-state index contributed by atoms with van der Waals surface area (Å²) < 4.78 is 60.9. The minimum absolute atomic E-state index is 0.234. The van der Waals surface area contributed by atoms with E-state index in [4.69, 9.17) is 21.1 Å². The van der Waals surface area contributed by atoms with Gasteiger partial charge in [-0.1, -0.05) is 12.5 Å². The molecule has 1 aliphatic rings. The van der Waals surface area contributed by atoms with Crippen molar-refractivity contribution in [1.82, 2.24) is 4.90 Å². The third-order valence-electron chi connectivity index (χ3n) is 3.98. The van der Waals surface area contributed by atoms with Crippen LogP contribution in [0.15, 0.2) is 36.4 Å². The normalized spacial score (nSPS) is 12.1. The van der Waals surface area contributed by atoms with Crippen molar-refractivity contribution in [2.24, 2.45) is 0 Å². The molecule has 33 heavy (non-hydrogen) atoms. The Labute approximate surface area is 190 Å².